The Morgan fingerprint density at radius 2 is 2.25 bits per heavy atom. The summed E-state index contributed by atoms with van der Waals surface area (Å²) < 4.78 is 0. The van der Waals surface area contributed by atoms with Crippen molar-refractivity contribution in [3.8, 4) is 0 Å². The molecule has 0 aromatic rings. The summed E-state index contributed by atoms with van der Waals surface area (Å²) in [5.41, 5.74) is 5.64. The molecule has 3 N–H and O–H groups in total. The van der Waals surface area contributed by atoms with Crippen molar-refractivity contribution in [2.75, 3.05) is 6.54 Å². The fraction of sp³-hybridized carbons (Fsp3) is 0.889. The molecular formula is C9H19N3. The second-order valence-corrected chi connectivity index (χ2v) is 4.00. The van der Waals surface area contributed by atoms with E-state index in [2.05, 4.69) is 31.1 Å². The summed E-state index contributed by atoms with van der Waals surface area (Å²) in [7, 11) is 0. The van der Waals surface area contributed by atoms with Crippen LogP contribution >= 0.6 is 0 Å². The predicted molar refractivity (Wildman–Crippen MR) is 52.0 cm³/mol. The van der Waals surface area contributed by atoms with Gasteiger partial charge in [-0.05, 0) is 32.1 Å². The Morgan fingerprint density at radius 1 is 1.67 bits per heavy atom. The van der Waals surface area contributed by atoms with Crippen LogP contribution < -0.4 is 11.1 Å². The molecule has 12 heavy (non-hydrogen) atoms. The summed E-state index contributed by atoms with van der Waals surface area (Å²) in [5, 5.41) is 3.07. The number of hydrogen-bond donors (Lipinski definition) is 2. The number of aliphatic imine (C=N–C) groups is 1. The second kappa shape index (κ2) is 3.78. The van der Waals surface area contributed by atoms with E-state index in [4.69, 9.17) is 5.73 Å². The van der Waals surface area contributed by atoms with Crippen molar-refractivity contribution in [2.45, 2.75) is 33.2 Å². The average Bonchev–Trinajstić information content (AvgIpc) is 2.61. The van der Waals surface area contributed by atoms with Crippen molar-refractivity contribution in [2.24, 2.45) is 22.6 Å². The molecule has 1 aliphatic rings. The lowest BCUT2D eigenvalue weighted by Crippen LogP contribution is -2.36. The normalized spacial score (nSPS) is 29.2. The van der Waals surface area contributed by atoms with Crippen molar-refractivity contribution >= 4 is 5.96 Å². The molecule has 3 nitrogen and oxygen atoms in total. The topological polar surface area (TPSA) is 50.4 Å². The lowest BCUT2D eigenvalue weighted by molar-refractivity contribution is 0.710. The van der Waals surface area contributed by atoms with Crippen LogP contribution in [0.3, 0.4) is 0 Å². The maximum Gasteiger partial charge on any atom is 0.188 e. The van der Waals surface area contributed by atoms with Crippen molar-refractivity contribution in [1.82, 2.24) is 5.32 Å². The molecule has 1 rings (SSSR count). The number of hydrogen-bond acceptors (Lipinski definition) is 1. The Hall–Kier alpha value is -0.730. The van der Waals surface area contributed by atoms with Crippen LogP contribution in [0.25, 0.3) is 0 Å². The predicted octanol–water partition coefficient (Wildman–Crippen LogP) is 0.955. The number of nitrogens with one attached hydrogen (secondary N) is 1. The average molecular weight is 169 g/mol. The molecule has 70 valence electrons. The number of nitrogens with two attached hydrogens (primary N) is 1. The molecule has 0 amide bonds. The summed E-state index contributed by atoms with van der Waals surface area (Å²) in [5.74, 6) is 2.24. The third kappa shape index (κ3) is 3.11. The lowest BCUT2D eigenvalue weighted by atomic mass is 10.3. The minimum atomic E-state index is 0.380. The summed E-state index contributed by atoms with van der Waals surface area (Å²) >= 11 is 0. The quantitative estimate of drug-likeness (QED) is 0.488. The molecule has 0 spiro atoms. The van der Waals surface area contributed by atoms with Gasteiger partial charge in [0.15, 0.2) is 5.96 Å². The van der Waals surface area contributed by atoms with Crippen molar-refractivity contribution in [1.29, 1.82) is 0 Å². The SMILES string of the molecule is CC(C)NC(N)=NCC1CC1C. The van der Waals surface area contributed by atoms with Gasteiger partial charge in [-0.2, -0.15) is 0 Å². The van der Waals surface area contributed by atoms with Gasteiger partial charge in [0.25, 0.3) is 0 Å². The molecule has 1 fully saturated rings. The third-order valence-electron chi connectivity index (χ3n) is 2.21. The largest absolute Gasteiger partial charge is 0.370 e. The highest BCUT2D eigenvalue weighted by Gasteiger charge is 2.31. The highest BCUT2D eigenvalue weighted by atomic mass is 15.1. The van der Waals surface area contributed by atoms with Gasteiger partial charge >= 0.3 is 0 Å². The van der Waals surface area contributed by atoms with Gasteiger partial charge in [-0.15, -0.1) is 0 Å². The molecule has 0 saturated heterocycles. The zero-order valence-corrected chi connectivity index (χ0v) is 8.17. The van der Waals surface area contributed by atoms with Gasteiger partial charge in [-0.3, -0.25) is 4.99 Å². The molecule has 0 aromatic carbocycles. The Labute approximate surface area is 74.4 Å². The minimum absolute atomic E-state index is 0.380. The Kier molecular flexibility index (Phi) is 2.95. The summed E-state index contributed by atoms with van der Waals surface area (Å²) in [6.07, 6.45) is 1.32. The summed E-state index contributed by atoms with van der Waals surface area (Å²) in [6, 6.07) is 0.380. The van der Waals surface area contributed by atoms with Crippen LogP contribution in [0.15, 0.2) is 4.99 Å². The maximum atomic E-state index is 5.64. The van der Waals surface area contributed by atoms with Gasteiger partial charge in [0.2, 0.25) is 0 Å². The van der Waals surface area contributed by atoms with Crippen LogP contribution in [-0.2, 0) is 0 Å². The van der Waals surface area contributed by atoms with E-state index in [1.807, 2.05) is 0 Å². The molecule has 0 radical (unpaired) electrons. The van der Waals surface area contributed by atoms with E-state index < -0.39 is 0 Å². The van der Waals surface area contributed by atoms with E-state index in [-0.39, 0.29) is 0 Å². The first-order valence-electron chi connectivity index (χ1n) is 4.66. The third-order valence-corrected chi connectivity index (χ3v) is 2.21. The summed E-state index contributed by atoms with van der Waals surface area (Å²) in [6.45, 7) is 7.27. The van der Waals surface area contributed by atoms with Gasteiger partial charge < -0.3 is 11.1 Å². The first-order valence-corrected chi connectivity index (χ1v) is 4.66. The van der Waals surface area contributed by atoms with E-state index >= 15 is 0 Å². The zero-order chi connectivity index (χ0) is 9.14. The van der Waals surface area contributed by atoms with Crippen LogP contribution in [0.5, 0.6) is 0 Å². The number of nitrogens with zero attached hydrogens (tertiary/aromatic N) is 1. The van der Waals surface area contributed by atoms with Crippen LogP contribution in [0, 0.1) is 11.8 Å². The standard InChI is InChI=1S/C9H19N3/c1-6(2)12-9(10)11-5-8-4-7(8)3/h6-8H,4-5H2,1-3H3,(H3,10,11,12). The monoisotopic (exact) mass is 169 g/mol. The first-order chi connectivity index (χ1) is 5.59. The van der Waals surface area contributed by atoms with E-state index in [1.54, 1.807) is 0 Å². The van der Waals surface area contributed by atoms with Gasteiger partial charge in [0.05, 0.1) is 0 Å². The summed E-state index contributed by atoms with van der Waals surface area (Å²) in [4.78, 5) is 4.26. The highest BCUT2D eigenvalue weighted by Crippen LogP contribution is 2.37. The van der Waals surface area contributed by atoms with Crippen LogP contribution in [0.2, 0.25) is 0 Å². The second-order valence-electron chi connectivity index (χ2n) is 4.00. The van der Waals surface area contributed by atoms with Gasteiger partial charge in [0.1, 0.15) is 0 Å². The first kappa shape index (κ1) is 9.36. The molecule has 2 atom stereocenters. The van der Waals surface area contributed by atoms with Crippen LogP contribution in [0.1, 0.15) is 27.2 Å². The van der Waals surface area contributed by atoms with Gasteiger partial charge in [0, 0.05) is 12.6 Å². The van der Waals surface area contributed by atoms with Gasteiger partial charge in [-0.25, -0.2) is 0 Å². The van der Waals surface area contributed by atoms with Crippen LogP contribution in [0.4, 0.5) is 0 Å². The fourth-order valence-electron chi connectivity index (χ4n) is 1.21. The molecule has 1 saturated carbocycles. The molecule has 3 heteroatoms. The van der Waals surface area contributed by atoms with E-state index in [9.17, 15) is 0 Å². The molecule has 2 unspecified atom stereocenters. The molecule has 0 bridgehead atoms. The molecule has 0 heterocycles. The van der Waals surface area contributed by atoms with E-state index in [1.165, 1.54) is 6.42 Å². The molecule has 0 aromatic heterocycles. The van der Waals surface area contributed by atoms with Crippen molar-refractivity contribution < 1.29 is 0 Å². The Bertz CT molecular complexity index is 175. The Balaban J connectivity index is 2.17. The van der Waals surface area contributed by atoms with Crippen LogP contribution in [-0.4, -0.2) is 18.5 Å². The van der Waals surface area contributed by atoms with Crippen molar-refractivity contribution in [3.05, 3.63) is 0 Å². The molecule has 0 aliphatic heterocycles. The maximum absolute atomic E-state index is 5.64. The molecular weight excluding hydrogens is 150 g/mol. The smallest absolute Gasteiger partial charge is 0.188 e. The molecule has 1 aliphatic carbocycles. The zero-order valence-electron chi connectivity index (χ0n) is 8.17. The lowest BCUT2D eigenvalue weighted by Gasteiger charge is -2.07. The Morgan fingerprint density at radius 3 is 2.67 bits per heavy atom. The van der Waals surface area contributed by atoms with E-state index in [0.717, 1.165) is 18.4 Å². The van der Waals surface area contributed by atoms with Gasteiger partial charge in [-0.1, -0.05) is 6.92 Å². The fourth-order valence-corrected chi connectivity index (χ4v) is 1.21. The van der Waals surface area contributed by atoms with Crippen molar-refractivity contribution in [3.63, 3.8) is 0 Å². The number of guanidine groups is 1. The van der Waals surface area contributed by atoms with E-state index in [0.29, 0.717) is 12.0 Å². The highest BCUT2D eigenvalue weighted by molar-refractivity contribution is 5.78. The number of rotatable bonds is 3. The minimum Gasteiger partial charge on any atom is -0.370 e.